The smallest absolute Gasteiger partial charge is 0.314 e. The molecule has 0 amide bonds. The van der Waals surface area contributed by atoms with Crippen molar-refractivity contribution in [3.63, 3.8) is 0 Å². The topological polar surface area (TPSA) is 99.1 Å². The molecule has 0 spiro atoms. The van der Waals surface area contributed by atoms with Gasteiger partial charge >= 0.3 is 8.25 Å². The highest BCUT2D eigenvalue weighted by molar-refractivity contribution is 7.30. The van der Waals surface area contributed by atoms with Gasteiger partial charge in [0.1, 0.15) is 5.69 Å². The summed E-state index contributed by atoms with van der Waals surface area (Å²) in [6.07, 6.45) is 3.30. The number of rotatable bonds is 1. The van der Waals surface area contributed by atoms with Crippen molar-refractivity contribution in [2.24, 2.45) is 0 Å². The monoisotopic (exact) mass is 177 g/mol. The van der Waals surface area contributed by atoms with Crippen LogP contribution in [0.4, 0.5) is 0 Å². The van der Waals surface area contributed by atoms with E-state index in [1.165, 1.54) is 0 Å². The van der Waals surface area contributed by atoms with Gasteiger partial charge < -0.3 is 9.79 Å². The molecule has 1 rings (SSSR count). The van der Waals surface area contributed by atoms with Crippen molar-refractivity contribution in [1.82, 2.24) is 15.4 Å². The number of nitrogens with one attached hydrogen (secondary N) is 1. The number of aromatic amines is 1. The van der Waals surface area contributed by atoms with Crippen molar-refractivity contribution >= 4 is 14.3 Å². The third-order valence-corrected chi connectivity index (χ3v) is 0.645. The first-order valence-corrected chi connectivity index (χ1v) is 3.88. The largest absolute Gasteiger partial charge is 0.326 e. The number of hydrogen-bond acceptors (Lipinski definition) is 3. The Morgan fingerprint density at radius 3 is 2.45 bits per heavy atom. The van der Waals surface area contributed by atoms with Crippen LogP contribution in [-0.4, -0.2) is 25.2 Å². The van der Waals surface area contributed by atoms with Gasteiger partial charge in [0, 0.05) is 6.20 Å². The molecule has 11 heavy (non-hydrogen) atoms. The van der Waals surface area contributed by atoms with Gasteiger partial charge in [-0.25, -0.2) is 0 Å². The van der Waals surface area contributed by atoms with Crippen molar-refractivity contribution in [3.8, 4) is 0 Å². The van der Waals surface area contributed by atoms with Crippen molar-refractivity contribution in [3.05, 3.63) is 18.5 Å². The van der Waals surface area contributed by atoms with Crippen LogP contribution in [-0.2, 0) is 4.57 Å². The third kappa shape index (κ3) is 6.92. The van der Waals surface area contributed by atoms with Crippen LogP contribution in [0, 0.1) is 0 Å². The van der Waals surface area contributed by atoms with E-state index < -0.39 is 8.25 Å². The molecule has 0 saturated heterocycles. The summed E-state index contributed by atoms with van der Waals surface area (Å²) in [5.41, 5.74) is 0.778. The lowest BCUT2D eigenvalue weighted by Gasteiger charge is -1.66. The van der Waals surface area contributed by atoms with E-state index in [1.807, 2.05) is 0 Å². The van der Waals surface area contributed by atoms with E-state index >= 15 is 0 Å². The molecule has 1 aromatic heterocycles. The van der Waals surface area contributed by atoms with Gasteiger partial charge in [0.25, 0.3) is 0 Å². The molecule has 0 aliphatic heterocycles. The molecule has 62 valence electrons. The molecule has 0 fully saturated rings. The SMILES string of the molecule is C=Cc1c[nH]nn1.O=[PH](O)O. The average molecular weight is 177 g/mol. The maximum atomic E-state index is 8.74. The summed E-state index contributed by atoms with van der Waals surface area (Å²) < 4.78 is 8.74. The fraction of sp³-hybridized carbons (Fsp3) is 0. The molecule has 7 heteroatoms. The van der Waals surface area contributed by atoms with Gasteiger partial charge in [-0.3, -0.25) is 9.66 Å². The van der Waals surface area contributed by atoms with Crippen molar-refractivity contribution in [2.45, 2.75) is 0 Å². The highest BCUT2D eigenvalue weighted by Crippen LogP contribution is 1.98. The van der Waals surface area contributed by atoms with Gasteiger partial charge in [-0.2, -0.15) is 0 Å². The maximum absolute atomic E-state index is 8.74. The first-order chi connectivity index (χ1) is 5.16. The predicted octanol–water partition coefficient (Wildman–Crippen LogP) is -0.192. The Morgan fingerprint density at radius 1 is 1.73 bits per heavy atom. The van der Waals surface area contributed by atoms with Crippen LogP contribution < -0.4 is 0 Å². The van der Waals surface area contributed by atoms with E-state index in [1.54, 1.807) is 12.3 Å². The van der Waals surface area contributed by atoms with Crippen LogP contribution in [0.15, 0.2) is 12.8 Å². The second kappa shape index (κ2) is 5.79. The molecule has 0 atom stereocenters. The van der Waals surface area contributed by atoms with E-state index in [0.717, 1.165) is 5.69 Å². The molecule has 0 aliphatic carbocycles. The molecule has 0 aliphatic rings. The molecular formula is C4H8N3O3P. The zero-order valence-electron chi connectivity index (χ0n) is 5.56. The maximum Gasteiger partial charge on any atom is 0.314 e. The van der Waals surface area contributed by atoms with Crippen LogP contribution in [0.25, 0.3) is 6.08 Å². The Morgan fingerprint density at radius 2 is 2.27 bits per heavy atom. The molecule has 0 unspecified atom stereocenters. The highest BCUT2D eigenvalue weighted by atomic mass is 31.1. The molecule has 0 aromatic carbocycles. The van der Waals surface area contributed by atoms with E-state index in [4.69, 9.17) is 14.4 Å². The molecule has 0 bridgehead atoms. The summed E-state index contributed by atoms with van der Waals surface area (Å²) >= 11 is 0. The summed E-state index contributed by atoms with van der Waals surface area (Å²) in [6.45, 7) is 3.48. The second-order valence-corrected chi connectivity index (χ2v) is 1.95. The van der Waals surface area contributed by atoms with Gasteiger partial charge in [-0.1, -0.05) is 11.8 Å². The summed E-state index contributed by atoms with van der Waals surface area (Å²) in [6, 6.07) is 0. The fourth-order valence-corrected chi connectivity index (χ4v) is 0.310. The summed E-state index contributed by atoms with van der Waals surface area (Å²) in [7, 11) is -3.13. The molecule has 6 nitrogen and oxygen atoms in total. The lowest BCUT2D eigenvalue weighted by Crippen LogP contribution is -1.67. The Balaban J connectivity index is 0.000000218. The first kappa shape index (κ1) is 10.0. The molecule has 3 N–H and O–H groups in total. The molecule has 0 radical (unpaired) electrons. The first-order valence-electron chi connectivity index (χ1n) is 2.57. The average Bonchev–Trinajstić information content (AvgIpc) is 2.36. The highest BCUT2D eigenvalue weighted by Gasteiger charge is 1.80. The quantitative estimate of drug-likeness (QED) is 0.516. The van der Waals surface area contributed by atoms with Crippen LogP contribution >= 0.6 is 8.25 Å². The standard InChI is InChI=1S/C4H5N3.H3O3P/c1-2-4-3-5-7-6-4;1-4(2)3/h2-3H,1H2,(H,5,6,7);4H,(H2,1,2,3). The predicted molar refractivity (Wildman–Crippen MR) is 39.9 cm³/mol. The number of H-pyrrole nitrogens is 1. The minimum absolute atomic E-state index is 0.778. The fourth-order valence-electron chi connectivity index (χ4n) is 0.310. The molecular weight excluding hydrogens is 169 g/mol. The number of nitrogens with zero attached hydrogens (tertiary/aromatic N) is 2. The normalized spacial score (nSPS) is 8.64. The molecule has 1 heterocycles. The Hall–Kier alpha value is -0.970. The van der Waals surface area contributed by atoms with Crippen LogP contribution in [0.5, 0.6) is 0 Å². The molecule has 1 aromatic rings. The van der Waals surface area contributed by atoms with Gasteiger partial charge in [0.15, 0.2) is 0 Å². The van der Waals surface area contributed by atoms with Crippen LogP contribution in [0.2, 0.25) is 0 Å². The van der Waals surface area contributed by atoms with Crippen molar-refractivity contribution in [1.29, 1.82) is 0 Å². The summed E-state index contributed by atoms with van der Waals surface area (Å²) in [4.78, 5) is 14.3. The lowest BCUT2D eigenvalue weighted by atomic mass is 10.5. The summed E-state index contributed by atoms with van der Waals surface area (Å²) in [5, 5.41) is 9.61. The second-order valence-electron chi connectivity index (χ2n) is 1.39. The van der Waals surface area contributed by atoms with Gasteiger partial charge in [0.2, 0.25) is 0 Å². The zero-order chi connectivity index (χ0) is 8.69. The van der Waals surface area contributed by atoms with Crippen molar-refractivity contribution in [2.75, 3.05) is 0 Å². The Kier molecular flexibility index (Phi) is 5.28. The molecule has 0 saturated carbocycles. The Bertz CT molecular complexity index is 218. The van der Waals surface area contributed by atoms with E-state index in [0.29, 0.717) is 0 Å². The van der Waals surface area contributed by atoms with Crippen LogP contribution in [0.3, 0.4) is 0 Å². The van der Waals surface area contributed by atoms with E-state index in [9.17, 15) is 0 Å². The minimum Gasteiger partial charge on any atom is -0.326 e. The zero-order valence-corrected chi connectivity index (χ0v) is 6.56. The van der Waals surface area contributed by atoms with Gasteiger partial charge in [0.05, 0.1) is 0 Å². The number of hydrogen-bond donors (Lipinski definition) is 3. The van der Waals surface area contributed by atoms with Gasteiger partial charge in [-0.05, 0) is 6.08 Å². The third-order valence-electron chi connectivity index (χ3n) is 0.645. The lowest BCUT2D eigenvalue weighted by molar-refractivity contribution is 0.405. The Labute approximate surface area is 63.5 Å². The summed E-state index contributed by atoms with van der Waals surface area (Å²) in [5.74, 6) is 0. The van der Waals surface area contributed by atoms with Crippen LogP contribution in [0.1, 0.15) is 5.69 Å². The number of aromatic nitrogens is 3. The van der Waals surface area contributed by atoms with E-state index in [2.05, 4.69) is 22.0 Å². The van der Waals surface area contributed by atoms with Crippen molar-refractivity contribution < 1.29 is 14.4 Å². The van der Waals surface area contributed by atoms with Gasteiger partial charge in [-0.15, -0.1) is 5.10 Å². The van der Waals surface area contributed by atoms with E-state index in [-0.39, 0.29) is 0 Å². The minimum atomic E-state index is -3.13.